The Morgan fingerprint density at radius 2 is 1.95 bits per heavy atom. The van der Waals surface area contributed by atoms with E-state index in [9.17, 15) is 9.59 Å². The SMILES string of the molecule is CC(=O)Oc1ccccc1C(=O)OCCCCC(C)O. The number of benzene rings is 1. The van der Waals surface area contributed by atoms with Crippen LogP contribution in [0.4, 0.5) is 0 Å². The van der Waals surface area contributed by atoms with Crippen LogP contribution < -0.4 is 4.74 Å². The summed E-state index contributed by atoms with van der Waals surface area (Å²) >= 11 is 0. The quantitative estimate of drug-likeness (QED) is 0.471. The molecule has 110 valence electrons. The van der Waals surface area contributed by atoms with Gasteiger partial charge in [0.2, 0.25) is 0 Å². The van der Waals surface area contributed by atoms with Gasteiger partial charge in [-0.15, -0.1) is 0 Å². The largest absolute Gasteiger partial charge is 0.462 e. The van der Waals surface area contributed by atoms with Crippen LogP contribution in [-0.2, 0) is 9.53 Å². The molecule has 1 N–H and O–H groups in total. The molecule has 0 radical (unpaired) electrons. The van der Waals surface area contributed by atoms with Crippen LogP contribution in [0.3, 0.4) is 0 Å². The normalized spacial score (nSPS) is 11.8. The van der Waals surface area contributed by atoms with E-state index >= 15 is 0 Å². The van der Waals surface area contributed by atoms with Crippen molar-refractivity contribution in [1.82, 2.24) is 0 Å². The minimum atomic E-state index is -0.515. The molecule has 1 aromatic carbocycles. The number of rotatable bonds is 7. The number of hydrogen-bond acceptors (Lipinski definition) is 5. The molecule has 0 spiro atoms. The monoisotopic (exact) mass is 280 g/mol. The zero-order valence-corrected chi connectivity index (χ0v) is 11.8. The lowest BCUT2D eigenvalue weighted by molar-refractivity contribution is -0.131. The standard InChI is InChI=1S/C15H20O5/c1-11(16)7-5-6-10-19-15(18)13-8-3-4-9-14(13)20-12(2)17/h3-4,8-9,11,16H,5-7,10H2,1-2H3. The van der Waals surface area contributed by atoms with Crippen molar-refractivity contribution >= 4 is 11.9 Å². The van der Waals surface area contributed by atoms with Gasteiger partial charge in [0.05, 0.1) is 12.7 Å². The molecule has 0 saturated carbocycles. The third-order valence-corrected chi connectivity index (χ3v) is 2.61. The van der Waals surface area contributed by atoms with E-state index < -0.39 is 11.9 Å². The van der Waals surface area contributed by atoms with Crippen LogP contribution in [0.2, 0.25) is 0 Å². The summed E-state index contributed by atoms with van der Waals surface area (Å²) in [6.07, 6.45) is 1.82. The lowest BCUT2D eigenvalue weighted by Gasteiger charge is -2.09. The summed E-state index contributed by atoms with van der Waals surface area (Å²) in [5.74, 6) is -0.796. The molecule has 1 atom stereocenters. The second-order valence-corrected chi connectivity index (χ2v) is 4.57. The summed E-state index contributed by atoms with van der Waals surface area (Å²) in [6.45, 7) is 3.28. The molecule has 5 heteroatoms. The van der Waals surface area contributed by atoms with Crippen molar-refractivity contribution in [2.24, 2.45) is 0 Å². The zero-order valence-electron chi connectivity index (χ0n) is 11.8. The molecule has 0 heterocycles. The molecule has 0 fully saturated rings. The minimum Gasteiger partial charge on any atom is -0.462 e. The highest BCUT2D eigenvalue weighted by molar-refractivity contribution is 5.93. The lowest BCUT2D eigenvalue weighted by atomic mass is 10.2. The van der Waals surface area contributed by atoms with E-state index in [1.807, 2.05) is 0 Å². The third-order valence-electron chi connectivity index (χ3n) is 2.61. The van der Waals surface area contributed by atoms with E-state index in [1.165, 1.54) is 6.92 Å². The van der Waals surface area contributed by atoms with Crippen molar-refractivity contribution < 1.29 is 24.2 Å². The molecule has 5 nitrogen and oxygen atoms in total. The Labute approximate surface area is 118 Å². The van der Waals surface area contributed by atoms with Crippen LogP contribution >= 0.6 is 0 Å². The van der Waals surface area contributed by atoms with Crippen LogP contribution in [0.25, 0.3) is 0 Å². The van der Waals surface area contributed by atoms with Gasteiger partial charge in [-0.05, 0) is 38.3 Å². The molecule has 0 saturated heterocycles. The zero-order chi connectivity index (χ0) is 15.0. The molecule has 0 amide bonds. The highest BCUT2D eigenvalue weighted by Crippen LogP contribution is 2.19. The number of para-hydroxylation sites is 1. The highest BCUT2D eigenvalue weighted by Gasteiger charge is 2.14. The van der Waals surface area contributed by atoms with Gasteiger partial charge in [-0.2, -0.15) is 0 Å². The van der Waals surface area contributed by atoms with Crippen molar-refractivity contribution in [3.8, 4) is 5.75 Å². The molecular formula is C15H20O5. The molecule has 0 aromatic heterocycles. The van der Waals surface area contributed by atoms with Gasteiger partial charge in [-0.25, -0.2) is 4.79 Å². The number of carbonyl (C=O) groups is 2. The van der Waals surface area contributed by atoms with Crippen molar-refractivity contribution in [3.05, 3.63) is 29.8 Å². The van der Waals surface area contributed by atoms with Gasteiger partial charge in [-0.3, -0.25) is 4.79 Å². The maximum absolute atomic E-state index is 11.9. The summed E-state index contributed by atoms with van der Waals surface area (Å²) in [6, 6.07) is 6.45. The van der Waals surface area contributed by atoms with E-state index in [0.717, 1.165) is 6.42 Å². The van der Waals surface area contributed by atoms with Crippen LogP contribution in [0.15, 0.2) is 24.3 Å². The Balaban J connectivity index is 2.49. The summed E-state index contributed by atoms with van der Waals surface area (Å²) in [4.78, 5) is 22.8. The van der Waals surface area contributed by atoms with Crippen LogP contribution in [0.5, 0.6) is 5.75 Å². The Bertz CT molecular complexity index is 453. The summed E-state index contributed by atoms with van der Waals surface area (Å²) < 4.78 is 10.1. The van der Waals surface area contributed by atoms with E-state index in [-0.39, 0.29) is 24.0 Å². The average Bonchev–Trinajstić information content (AvgIpc) is 2.37. The van der Waals surface area contributed by atoms with Crippen LogP contribution in [0.1, 0.15) is 43.5 Å². The second kappa shape index (κ2) is 8.32. The first-order chi connectivity index (χ1) is 9.50. The molecular weight excluding hydrogens is 260 g/mol. The molecule has 0 bridgehead atoms. The summed E-state index contributed by atoms with van der Waals surface area (Å²) in [5, 5.41) is 9.10. The summed E-state index contributed by atoms with van der Waals surface area (Å²) in [5.41, 5.74) is 0.234. The Hall–Kier alpha value is -1.88. The maximum Gasteiger partial charge on any atom is 0.341 e. The Kier molecular flexibility index (Phi) is 6.73. The number of aliphatic hydroxyl groups excluding tert-OH is 1. The average molecular weight is 280 g/mol. The second-order valence-electron chi connectivity index (χ2n) is 4.57. The van der Waals surface area contributed by atoms with Gasteiger partial charge < -0.3 is 14.6 Å². The molecule has 1 unspecified atom stereocenters. The predicted molar refractivity (Wildman–Crippen MR) is 73.6 cm³/mol. The smallest absolute Gasteiger partial charge is 0.341 e. The van der Waals surface area contributed by atoms with Crippen molar-refractivity contribution in [1.29, 1.82) is 0 Å². The van der Waals surface area contributed by atoms with E-state index in [0.29, 0.717) is 12.8 Å². The van der Waals surface area contributed by atoms with Crippen LogP contribution in [-0.4, -0.2) is 29.8 Å². The van der Waals surface area contributed by atoms with Crippen molar-refractivity contribution in [2.75, 3.05) is 6.61 Å². The van der Waals surface area contributed by atoms with Crippen molar-refractivity contribution in [3.63, 3.8) is 0 Å². The first-order valence-electron chi connectivity index (χ1n) is 6.63. The fourth-order valence-corrected chi connectivity index (χ4v) is 1.66. The molecule has 0 aliphatic heterocycles. The van der Waals surface area contributed by atoms with Crippen LogP contribution in [0, 0.1) is 0 Å². The van der Waals surface area contributed by atoms with E-state index in [1.54, 1.807) is 31.2 Å². The fourth-order valence-electron chi connectivity index (χ4n) is 1.66. The van der Waals surface area contributed by atoms with Gasteiger partial charge in [-0.1, -0.05) is 12.1 Å². The first-order valence-corrected chi connectivity index (χ1v) is 6.63. The molecule has 0 aliphatic carbocycles. The third kappa shape index (κ3) is 5.84. The minimum absolute atomic E-state index is 0.203. The number of ether oxygens (including phenoxy) is 2. The number of hydrogen-bond donors (Lipinski definition) is 1. The van der Waals surface area contributed by atoms with Gasteiger partial charge in [0.25, 0.3) is 0 Å². The number of esters is 2. The molecule has 1 rings (SSSR count). The molecule has 1 aromatic rings. The van der Waals surface area contributed by atoms with Crippen molar-refractivity contribution in [2.45, 2.75) is 39.2 Å². The Morgan fingerprint density at radius 1 is 1.25 bits per heavy atom. The lowest BCUT2D eigenvalue weighted by Crippen LogP contribution is -2.11. The van der Waals surface area contributed by atoms with E-state index in [2.05, 4.69) is 0 Å². The number of carbonyl (C=O) groups excluding carboxylic acids is 2. The maximum atomic E-state index is 11.9. The van der Waals surface area contributed by atoms with E-state index in [4.69, 9.17) is 14.6 Å². The Morgan fingerprint density at radius 3 is 2.60 bits per heavy atom. The highest BCUT2D eigenvalue weighted by atomic mass is 16.5. The fraction of sp³-hybridized carbons (Fsp3) is 0.467. The predicted octanol–water partition coefficient (Wildman–Crippen LogP) is 2.32. The number of unbranched alkanes of at least 4 members (excludes halogenated alkanes) is 1. The summed E-state index contributed by atoms with van der Waals surface area (Å²) in [7, 11) is 0. The topological polar surface area (TPSA) is 72.8 Å². The number of aliphatic hydroxyl groups is 1. The first kappa shape index (κ1) is 16.2. The van der Waals surface area contributed by atoms with Gasteiger partial charge >= 0.3 is 11.9 Å². The molecule has 20 heavy (non-hydrogen) atoms. The molecule has 0 aliphatic rings. The van der Waals surface area contributed by atoms with Gasteiger partial charge in [0, 0.05) is 6.92 Å². The van der Waals surface area contributed by atoms with Gasteiger partial charge in [0.1, 0.15) is 11.3 Å². The van der Waals surface area contributed by atoms with Gasteiger partial charge in [0.15, 0.2) is 0 Å².